The molecule has 0 fully saturated rings. The van der Waals surface area contributed by atoms with E-state index >= 15 is 0 Å². The molecule has 0 heterocycles. The van der Waals surface area contributed by atoms with Crippen LogP contribution in [0.4, 0.5) is 0 Å². The van der Waals surface area contributed by atoms with Crippen molar-refractivity contribution in [3.63, 3.8) is 0 Å². The summed E-state index contributed by atoms with van der Waals surface area (Å²) in [7, 11) is 0. The number of carboxylic acids is 2. The van der Waals surface area contributed by atoms with Gasteiger partial charge in [-0.2, -0.15) is 0 Å². The van der Waals surface area contributed by atoms with Gasteiger partial charge in [0, 0.05) is 0 Å². The second-order valence-electron chi connectivity index (χ2n) is 6.03. The van der Waals surface area contributed by atoms with Crippen molar-refractivity contribution in [2.45, 2.75) is 22.7 Å². The van der Waals surface area contributed by atoms with E-state index in [1.54, 1.807) is 60.7 Å². The predicted molar refractivity (Wildman–Crippen MR) is 112 cm³/mol. The first kappa shape index (κ1) is 27.4. The van der Waals surface area contributed by atoms with Crippen molar-refractivity contribution in [3.8, 4) is 0 Å². The van der Waals surface area contributed by atoms with Crippen LogP contribution in [0.3, 0.4) is 0 Å². The number of hydrogen-bond donors (Lipinski definition) is 4. The number of carboxylic acid groups (broad SMARTS) is 2. The van der Waals surface area contributed by atoms with Crippen LogP contribution in [0.15, 0.2) is 60.7 Å². The number of nitrogens with one attached hydrogen (secondary N) is 2. The molecule has 0 aliphatic heterocycles. The van der Waals surface area contributed by atoms with E-state index in [4.69, 9.17) is 0 Å². The largest absolute Gasteiger partial charge is 1.00 e. The van der Waals surface area contributed by atoms with Gasteiger partial charge in [0.1, 0.15) is 0 Å². The third-order valence-electron chi connectivity index (χ3n) is 3.83. The van der Waals surface area contributed by atoms with Crippen LogP contribution < -0.4 is 40.2 Å². The minimum atomic E-state index is -1.14. The summed E-state index contributed by atoms with van der Waals surface area (Å²) in [6.07, 6.45) is 0. The number of aliphatic carboxylic acids is 2. The Bertz CT molecular complexity index is 812. The van der Waals surface area contributed by atoms with Gasteiger partial charge in [-0.05, 0) is 0 Å². The molecule has 2 aromatic rings. The summed E-state index contributed by atoms with van der Waals surface area (Å²) >= 11 is -0.351. The Labute approximate surface area is 212 Å². The van der Waals surface area contributed by atoms with Gasteiger partial charge in [-0.25, -0.2) is 0 Å². The summed E-state index contributed by atoms with van der Waals surface area (Å²) in [5, 5.41) is 24.2. The van der Waals surface area contributed by atoms with Crippen LogP contribution in [0.5, 0.6) is 0 Å². The Kier molecular flexibility index (Phi) is 12.7. The average molecular weight is 565 g/mol. The van der Waals surface area contributed by atoms with Crippen LogP contribution in [0.2, 0.25) is 10.6 Å². The molecule has 2 amide bonds. The minimum Gasteiger partial charge on any atom is 1.00 e. The summed E-state index contributed by atoms with van der Waals surface area (Å²) < 4.78 is 0. The fraction of sp³-hybridized carbons (Fsp3) is 0.200. The van der Waals surface area contributed by atoms with E-state index in [2.05, 4.69) is 10.6 Å². The Balaban J connectivity index is 0.00000480. The van der Waals surface area contributed by atoms with Crippen LogP contribution in [0.25, 0.3) is 0 Å². The Hall–Kier alpha value is -1.64. The van der Waals surface area contributed by atoms with Crippen molar-refractivity contribution in [2.24, 2.45) is 0 Å². The van der Waals surface area contributed by atoms with E-state index in [0.29, 0.717) is 11.1 Å². The standard InChI is InChI=1S/C20H20N2O6Se2.Na/c23-17(13-7-3-1-4-8-13)21-15(19(25)26)11-29-30-12-16(20(27)28)22-18(24)14-9-5-2-6-10-14;/h1-10,15-16H,11-12H2,(H,21,23)(H,22,24)(H,25,26)(H,27,28);/q;+1. The fourth-order valence-corrected chi connectivity index (χ4v) is 9.23. The van der Waals surface area contributed by atoms with Gasteiger partial charge in [-0.3, -0.25) is 0 Å². The summed E-state index contributed by atoms with van der Waals surface area (Å²) in [6.45, 7) is 0. The fourth-order valence-electron chi connectivity index (χ4n) is 2.24. The van der Waals surface area contributed by atoms with E-state index in [9.17, 15) is 29.4 Å². The molecule has 158 valence electrons. The van der Waals surface area contributed by atoms with Gasteiger partial charge in [0.25, 0.3) is 0 Å². The molecule has 2 aromatic carbocycles. The molecule has 0 saturated carbocycles. The van der Waals surface area contributed by atoms with Crippen LogP contribution >= 0.6 is 0 Å². The minimum absolute atomic E-state index is 0. The molecule has 2 rings (SSSR count). The average Bonchev–Trinajstić information content (AvgIpc) is 2.75. The first-order chi connectivity index (χ1) is 14.4. The van der Waals surface area contributed by atoms with E-state index in [-0.39, 0.29) is 66.5 Å². The Morgan fingerprint density at radius 1 is 0.677 bits per heavy atom. The van der Waals surface area contributed by atoms with E-state index < -0.39 is 35.8 Å². The topological polar surface area (TPSA) is 133 Å². The molecule has 0 aromatic heterocycles. The number of benzene rings is 2. The van der Waals surface area contributed by atoms with Crippen LogP contribution in [-0.2, 0) is 9.59 Å². The molecule has 0 aliphatic rings. The third-order valence-corrected chi connectivity index (χ3v) is 10.9. The molecule has 4 N–H and O–H groups in total. The van der Waals surface area contributed by atoms with Gasteiger partial charge in [-0.15, -0.1) is 0 Å². The van der Waals surface area contributed by atoms with Gasteiger partial charge in [0.15, 0.2) is 0 Å². The van der Waals surface area contributed by atoms with Gasteiger partial charge in [-0.1, -0.05) is 0 Å². The predicted octanol–water partition coefficient (Wildman–Crippen LogP) is -2.08. The van der Waals surface area contributed by atoms with Crippen LogP contribution in [0, 0.1) is 0 Å². The van der Waals surface area contributed by atoms with Crippen molar-refractivity contribution in [1.82, 2.24) is 10.6 Å². The zero-order chi connectivity index (χ0) is 21.9. The molecule has 31 heavy (non-hydrogen) atoms. The maximum atomic E-state index is 12.2. The SMILES string of the molecule is O=C(NC(C[Se][Se]CC(NC(=O)c1ccccc1)C(=O)O)C(=O)O)c1ccccc1.[Na+]. The van der Waals surface area contributed by atoms with E-state index in [1.165, 1.54) is 0 Å². The zero-order valence-electron chi connectivity index (χ0n) is 16.7. The summed E-state index contributed by atoms with van der Waals surface area (Å²) in [4.78, 5) is 47.2. The molecule has 8 nitrogen and oxygen atoms in total. The maximum absolute atomic E-state index is 12.2. The van der Waals surface area contributed by atoms with Gasteiger partial charge < -0.3 is 0 Å². The molecule has 11 heteroatoms. The van der Waals surface area contributed by atoms with E-state index in [0.717, 1.165) is 0 Å². The number of amides is 2. The van der Waals surface area contributed by atoms with Gasteiger partial charge in [0.05, 0.1) is 0 Å². The Morgan fingerprint density at radius 3 is 1.29 bits per heavy atom. The van der Waals surface area contributed by atoms with Crippen molar-refractivity contribution >= 4 is 50.0 Å². The zero-order valence-corrected chi connectivity index (χ0v) is 22.1. The smallest absolute Gasteiger partial charge is 1.00 e. The Morgan fingerprint density at radius 2 is 1.00 bits per heavy atom. The number of carbonyl (C=O) groups excluding carboxylic acids is 2. The molecular formula is C20H20N2NaO6Se2+. The van der Waals surface area contributed by atoms with Gasteiger partial charge >= 0.3 is 214 Å². The van der Waals surface area contributed by atoms with Crippen LogP contribution in [-0.4, -0.2) is 72.3 Å². The second kappa shape index (κ2) is 14.4. The first-order valence-corrected chi connectivity index (χ1v) is 15.6. The summed E-state index contributed by atoms with van der Waals surface area (Å²) in [5.41, 5.74) is 0.743. The van der Waals surface area contributed by atoms with Crippen molar-refractivity contribution in [2.75, 3.05) is 0 Å². The molecule has 2 atom stereocenters. The molecule has 0 saturated heterocycles. The van der Waals surface area contributed by atoms with Crippen molar-refractivity contribution in [3.05, 3.63) is 71.8 Å². The number of hydrogen-bond acceptors (Lipinski definition) is 4. The van der Waals surface area contributed by atoms with Crippen molar-refractivity contribution < 1.29 is 58.9 Å². The first-order valence-electron chi connectivity index (χ1n) is 8.80. The summed E-state index contributed by atoms with van der Waals surface area (Å²) in [5.74, 6) is -3.21. The number of rotatable bonds is 11. The van der Waals surface area contributed by atoms with Crippen LogP contribution in [0.1, 0.15) is 20.7 Å². The maximum Gasteiger partial charge on any atom is 1.00 e. The number of carbonyl (C=O) groups is 4. The second-order valence-corrected chi connectivity index (χ2v) is 13.6. The molecule has 0 aliphatic carbocycles. The monoisotopic (exact) mass is 567 g/mol. The molecule has 0 spiro atoms. The van der Waals surface area contributed by atoms with E-state index in [1.807, 2.05) is 0 Å². The molecule has 2 unspecified atom stereocenters. The molecular weight excluding hydrogens is 545 g/mol. The third kappa shape index (κ3) is 9.58. The molecule has 0 radical (unpaired) electrons. The van der Waals surface area contributed by atoms with Gasteiger partial charge in [0.2, 0.25) is 0 Å². The molecule has 0 bridgehead atoms. The van der Waals surface area contributed by atoms with Crippen molar-refractivity contribution in [1.29, 1.82) is 0 Å². The normalized spacial score (nSPS) is 12.0. The quantitative estimate of drug-likeness (QED) is 0.183. The summed E-state index contributed by atoms with van der Waals surface area (Å²) in [6, 6.07) is 14.6.